The van der Waals surface area contributed by atoms with Crippen LogP contribution in [0.2, 0.25) is 18.1 Å². The van der Waals surface area contributed by atoms with E-state index < -0.39 is 38.1 Å². The number of rotatable bonds is 15. The Labute approximate surface area is 269 Å². The van der Waals surface area contributed by atoms with Crippen molar-refractivity contribution in [2.75, 3.05) is 0 Å². The molecule has 9 heteroatoms. The van der Waals surface area contributed by atoms with E-state index in [1.165, 1.54) is 0 Å². The maximum Gasteiger partial charge on any atom is 0.407 e. The van der Waals surface area contributed by atoms with Crippen molar-refractivity contribution in [2.45, 2.75) is 144 Å². The molecule has 0 aliphatic rings. The van der Waals surface area contributed by atoms with Gasteiger partial charge in [0.05, 0.1) is 12.1 Å². The molecule has 1 aromatic rings. The zero-order valence-electron chi connectivity index (χ0n) is 30.1. The van der Waals surface area contributed by atoms with Crippen molar-refractivity contribution in [3.63, 3.8) is 0 Å². The Balaban J connectivity index is 3.35. The lowest BCUT2D eigenvalue weighted by molar-refractivity contribution is -0.133. The fraction of sp³-hybridized carbons (Fsp3) is 0.743. The van der Waals surface area contributed by atoms with E-state index >= 15 is 0 Å². The summed E-state index contributed by atoms with van der Waals surface area (Å²) in [6.07, 6.45) is 0.155. The van der Waals surface area contributed by atoms with E-state index in [1.807, 2.05) is 78.8 Å². The summed E-state index contributed by atoms with van der Waals surface area (Å²) < 4.78 is 12.7. The van der Waals surface area contributed by atoms with Gasteiger partial charge in [-0.05, 0) is 75.1 Å². The molecule has 0 saturated carbocycles. The van der Waals surface area contributed by atoms with Crippen molar-refractivity contribution in [1.82, 2.24) is 16.0 Å². The van der Waals surface area contributed by atoms with E-state index in [0.717, 1.165) is 5.56 Å². The van der Waals surface area contributed by atoms with Crippen LogP contribution in [0.15, 0.2) is 30.3 Å². The monoisotopic (exact) mass is 633 g/mol. The third-order valence-corrected chi connectivity index (χ3v) is 12.8. The largest absolute Gasteiger partial charge is 0.444 e. The lowest BCUT2D eigenvalue weighted by Crippen LogP contribution is -2.55. The van der Waals surface area contributed by atoms with Crippen LogP contribution in [0.3, 0.4) is 0 Å². The topological polar surface area (TPSA) is 106 Å². The second kappa shape index (κ2) is 16.8. The van der Waals surface area contributed by atoms with Crippen LogP contribution in [0.5, 0.6) is 0 Å². The van der Waals surface area contributed by atoms with Gasteiger partial charge in [-0.15, -0.1) is 0 Å². The van der Waals surface area contributed by atoms with Crippen molar-refractivity contribution >= 4 is 26.2 Å². The highest BCUT2D eigenvalue weighted by molar-refractivity contribution is 6.74. The Hall–Kier alpha value is -2.39. The highest BCUT2D eigenvalue weighted by Gasteiger charge is 2.43. The number of benzene rings is 1. The van der Waals surface area contributed by atoms with E-state index in [2.05, 4.69) is 63.7 Å². The van der Waals surface area contributed by atoms with Crippen molar-refractivity contribution in [3.8, 4) is 0 Å². The minimum Gasteiger partial charge on any atom is -0.444 e. The van der Waals surface area contributed by atoms with E-state index in [9.17, 15) is 14.4 Å². The minimum atomic E-state index is -2.31. The first kappa shape index (κ1) is 39.6. The molecule has 3 N–H and O–H groups in total. The molecule has 252 valence electrons. The standard InChI is InChI=1S/C35H63N3O5Si/c1-23(2)20-28(37-33(41)42-34(7,8)9)29(43-44(13,14)35(10,11)12)21-27(24(3)4)31(39)38-30(25(5)6)32(40)36-22-26-18-16-15-17-19-26/h15-19,23-25,27-30H,20-22H2,1-14H3,(H,36,40)(H,37,41)(H,38,39)/t27-,28-,29-,30-/m0/s1. The van der Waals surface area contributed by atoms with Crippen LogP contribution in [0.1, 0.15) is 101 Å². The van der Waals surface area contributed by atoms with Crippen molar-refractivity contribution in [3.05, 3.63) is 35.9 Å². The molecule has 0 aliphatic carbocycles. The van der Waals surface area contributed by atoms with Gasteiger partial charge in [-0.3, -0.25) is 9.59 Å². The molecule has 0 aromatic heterocycles. The fourth-order valence-electron chi connectivity index (χ4n) is 4.74. The molecule has 1 rings (SSSR count). The van der Waals surface area contributed by atoms with Crippen LogP contribution >= 0.6 is 0 Å². The van der Waals surface area contributed by atoms with Crippen LogP contribution in [0, 0.1) is 23.7 Å². The molecule has 0 radical (unpaired) electrons. The van der Waals surface area contributed by atoms with E-state index in [4.69, 9.17) is 9.16 Å². The van der Waals surface area contributed by atoms with Gasteiger partial charge in [-0.2, -0.15) is 0 Å². The molecule has 8 nitrogen and oxygen atoms in total. The lowest BCUT2D eigenvalue weighted by Gasteiger charge is -2.43. The second-order valence-corrected chi connectivity index (χ2v) is 20.6. The number of carbonyl (C=O) groups is 3. The molecule has 0 aliphatic heterocycles. The Bertz CT molecular complexity index is 1040. The lowest BCUT2D eigenvalue weighted by atomic mass is 9.85. The molecular formula is C35H63N3O5Si. The summed E-state index contributed by atoms with van der Waals surface area (Å²) in [7, 11) is -2.31. The predicted molar refractivity (Wildman–Crippen MR) is 183 cm³/mol. The zero-order valence-corrected chi connectivity index (χ0v) is 31.1. The third-order valence-electron chi connectivity index (χ3n) is 8.31. The predicted octanol–water partition coefficient (Wildman–Crippen LogP) is 7.44. The number of hydrogen-bond acceptors (Lipinski definition) is 5. The van der Waals surface area contributed by atoms with Crippen LogP contribution in [0.4, 0.5) is 4.79 Å². The van der Waals surface area contributed by atoms with Gasteiger partial charge in [0.2, 0.25) is 11.8 Å². The van der Waals surface area contributed by atoms with Gasteiger partial charge < -0.3 is 25.1 Å². The molecule has 0 saturated heterocycles. The molecule has 44 heavy (non-hydrogen) atoms. The maximum absolute atomic E-state index is 14.0. The summed E-state index contributed by atoms with van der Waals surface area (Å²) >= 11 is 0. The summed E-state index contributed by atoms with van der Waals surface area (Å²) in [5.74, 6) is -0.698. The zero-order chi connectivity index (χ0) is 34.0. The first-order chi connectivity index (χ1) is 20.0. The highest BCUT2D eigenvalue weighted by Crippen LogP contribution is 2.39. The summed E-state index contributed by atoms with van der Waals surface area (Å²) in [6.45, 7) is 29.0. The summed E-state index contributed by atoms with van der Waals surface area (Å²) in [4.78, 5) is 40.3. The molecule has 0 heterocycles. The second-order valence-electron chi connectivity index (χ2n) is 15.8. The molecule has 0 bridgehead atoms. The van der Waals surface area contributed by atoms with Crippen molar-refractivity contribution < 1.29 is 23.5 Å². The first-order valence-corrected chi connectivity index (χ1v) is 19.2. The molecule has 1 aromatic carbocycles. The number of ether oxygens (including phenoxy) is 1. The Morgan fingerprint density at radius 1 is 0.795 bits per heavy atom. The van der Waals surface area contributed by atoms with Crippen LogP contribution < -0.4 is 16.0 Å². The Morgan fingerprint density at radius 2 is 1.36 bits per heavy atom. The number of nitrogens with one attached hydrogen (secondary N) is 3. The average molecular weight is 634 g/mol. The quantitative estimate of drug-likeness (QED) is 0.174. The smallest absolute Gasteiger partial charge is 0.407 e. The Morgan fingerprint density at radius 3 is 1.82 bits per heavy atom. The summed E-state index contributed by atoms with van der Waals surface area (Å²) in [5.41, 5.74) is 0.351. The molecule has 4 atom stereocenters. The number of hydrogen-bond donors (Lipinski definition) is 3. The van der Waals surface area contributed by atoms with Gasteiger partial charge >= 0.3 is 6.09 Å². The fourth-order valence-corrected chi connectivity index (χ4v) is 6.11. The van der Waals surface area contributed by atoms with Crippen LogP contribution in [-0.2, 0) is 25.3 Å². The van der Waals surface area contributed by atoms with Crippen molar-refractivity contribution in [1.29, 1.82) is 0 Å². The van der Waals surface area contributed by atoms with Gasteiger partial charge in [-0.1, -0.05) is 92.6 Å². The van der Waals surface area contributed by atoms with Crippen molar-refractivity contribution in [2.24, 2.45) is 23.7 Å². The normalized spacial score (nSPS) is 15.5. The SMILES string of the molecule is CC(C)C[C@H](NC(=O)OC(C)(C)C)[C@H](C[C@H](C(=O)N[C@H](C(=O)NCc1ccccc1)C(C)C)C(C)C)O[Si](C)(C)C(C)(C)C. The number of alkyl carbamates (subject to hydrolysis) is 1. The third kappa shape index (κ3) is 13.7. The molecule has 0 unspecified atom stereocenters. The molecule has 0 fully saturated rings. The average Bonchev–Trinajstić information content (AvgIpc) is 2.85. The van der Waals surface area contributed by atoms with E-state index in [-0.39, 0.29) is 40.6 Å². The Kier molecular flexibility index (Phi) is 15.1. The van der Waals surface area contributed by atoms with Gasteiger partial charge in [-0.25, -0.2) is 4.79 Å². The van der Waals surface area contributed by atoms with Crippen LogP contribution in [-0.4, -0.2) is 50.0 Å². The van der Waals surface area contributed by atoms with E-state index in [0.29, 0.717) is 19.4 Å². The van der Waals surface area contributed by atoms with Gasteiger partial charge in [0.25, 0.3) is 0 Å². The van der Waals surface area contributed by atoms with Gasteiger partial charge in [0.1, 0.15) is 11.6 Å². The van der Waals surface area contributed by atoms with Gasteiger partial charge in [0.15, 0.2) is 8.32 Å². The minimum absolute atomic E-state index is 0.0260. The molecule has 3 amide bonds. The van der Waals surface area contributed by atoms with E-state index in [1.54, 1.807) is 0 Å². The molecular weight excluding hydrogens is 570 g/mol. The summed E-state index contributed by atoms with van der Waals surface area (Å²) in [6, 6.07) is 8.68. The first-order valence-electron chi connectivity index (χ1n) is 16.3. The number of amides is 3. The summed E-state index contributed by atoms with van der Waals surface area (Å²) in [5, 5.41) is 9.10. The highest BCUT2D eigenvalue weighted by atomic mass is 28.4. The maximum atomic E-state index is 14.0. The number of carbonyl (C=O) groups excluding carboxylic acids is 3. The van der Waals surface area contributed by atoms with Crippen LogP contribution in [0.25, 0.3) is 0 Å². The van der Waals surface area contributed by atoms with Gasteiger partial charge in [0, 0.05) is 12.5 Å². The molecule has 0 spiro atoms.